The molecule has 1 saturated heterocycles. The summed E-state index contributed by atoms with van der Waals surface area (Å²) in [5, 5.41) is 15.0. The number of benzene rings is 1. The predicted octanol–water partition coefficient (Wildman–Crippen LogP) is 4.17. The molecule has 0 aliphatic carbocycles. The van der Waals surface area contributed by atoms with Gasteiger partial charge in [0.2, 0.25) is 5.13 Å². The molecule has 6 nitrogen and oxygen atoms in total. The highest BCUT2D eigenvalue weighted by atomic mass is 32.1. The molecule has 0 radical (unpaired) electrons. The average molecular weight is 382 g/mol. The minimum Gasteiger partial charge on any atom is -0.476 e. The van der Waals surface area contributed by atoms with Crippen molar-refractivity contribution in [3.05, 3.63) is 46.5 Å². The summed E-state index contributed by atoms with van der Waals surface area (Å²) in [6.45, 7) is 6.01. The number of aromatic carboxylic acids is 1. The van der Waals surface area contributed by atoms with E-state index in [4.69, 9.17) is 5.10 Å². The standard InChI is InChI=1S/C20H22N4O2S/c1-3-15-17(19(25)26)21-20(27-15)24-18(23-11-7-8-12-23)13(2)16(22-24)14-9-5-4-6-10-14/h4-6,9-10H,3,7-8,11-12H2,1-2H3,(H,25,26). The molecule has 0 amide bonds. The van der Waals surface area contributed by atoms with Gasteiger partial charge in [-0.05, 0) is 26.2 Å². The number of aryl methyl sites for hydroxylation is 1. The maximum absolute atomic E-state index is 11.6. The Morgan fingerprint density at radius 1 is 1.22 bits per heavy atom. The van der Waals surface area contributed by atoms with Gasteiger partial charge in [-0.2, -0.15) is 9.78 Å². The summed E-state index contributed by atoms with van der Waals surface area (Å²) in [6, 6.07) is 10.1. The summed E-state index contributed by atoms with van der Waals surface area (Å²) in [7, 11) is 0. The van der Waals surface area contributed by atoms with Gasteiger partial charge in [-0.25, -0.2) is 9.78 Å². The van der Waals surface area contributed by atoms with Crippen molar-refractivity contribution >= 4 is 23.1 Å². The summed E-state index contributed by atoms with van der Waals surface area (Å²) in [4.78, 5) is 19.1. The second kappa shape index (κ2) is 7.15. The molecule has 1 N–H and O–H groups in total. The number of thiazole rings is 1. The molecule has 0 unspecified atom stereocenters. The van der Waals surface area contributed by atoms with Crippen LogP contribution in [0.4, 0.5) is 5.82 Å². The van der Waals surface area contributed by atoms with E-state index in [0.29, 0.717) is 11.6 Å². The molecule has 1 aliphatic heterocycles. The first kappa shape index (κ1) is 17.7. The van der Waals surface area contributed by atoms with Crippen molar-refractivity contribution < 1.29 is 9.90 Å². The topological polar surface area (TPSA) is 71.2 Å². The van der Waals surface area contributed by atoms with Crippen molar-refractivity contribution in [3.63, 3.8) is 0 Å². The Hall–Kier alpha value is -2.67. The van der Waals surface area contributed by atoms with E-state index < -0.39 is 5.97 Å². The van der Waals surface area contributed by atoms with Crippen molar-refractivity contribution in [2.75, 3.05) is 18.0 Å². The lowest BCUT2D eigenvalue weighted by Gasteiger charge is -2.19. The molecule has 0 spiro atoms. The van der Waals surface area contributed by atoms with Gasteiger partial charge >= 0.3 is 5.97 Å². The zero-order valence-electron chi connectivity index (χ0n) is 15.5. The van der Waals surface area contributed by atoms with Crippen molar-refractivity contribution in [3.8, 4) is 16.4 Å². The first-order valence-electron chi connectivity index (χ1n) is 9.23. The number of carboxylic acid groups (broad SMARTS) is 1. The van der Waals surface area contributed by atoms with Crippen LogP contribution in [0.3, 0.4) is 0 Å². The van der Waals surface area contributed by atoms with E-state index in [1.54, 1.807) is 0 Å². The third-order valence-corrected chi connectivity index (χ3v) is 6.11. The quantitative estimate of drug-likeness (QED) is 0.717. The Morgan fingerprint density at radius 2 is 1.93 bits per heavy atom. The van der Waals surface area contributed by atoms with Crippen LogP contribution in [-0.2, 0) is 6.42 Å². The van der Waals surface area contributed by atoms with Gasteiger partial charge in [0.05, 0.1) is 5.69 Å². The third kappa shape index (κ3) is 3.12. The van der Waals surface area contributed by atoms with E-state index in [0.717, 1.165) is 53.4 Å². The molecule has 1 aromatic carbocycles. The van der Waals surface area contributed by atoms with Crippen LogP contribution in [0.5, 0.6) is 0 Å². The molecule has 140 valence electrons. The fourth-order valence-corrected chi connectivity index (χ4v) is 4.57. The summed E-state index contributed by atoms with van der Waals surface area (Å²) in [6.07, 6.45) is 2.96. The van der Waals surface area contributed by atoms with Crippen LogP contribution in [0.15, 0.2) is 30.3 Å². The maximum Gasteiger partial charge on any atom is 0.355 e. The van der Waals surface area contributed by atoms with Crippen molar-refractivity contribution in [1.29, 1.82) is 0 Å². The minimum absolute atomic E-state index is 0.138. The molecular weight excluding hydrogens is 360 g/mol. The molecule has 1 aliphatic rings. The van der Waals surface area contributed by atoms with E-state index in [1.807, 2.05) is 29.8 Å². The van der Waals surface area contributed by atoms with Gasteiger partial charge in [-0.3, -0.25) is 0 Å². The first-order chi connectivity index (χ1) is 13.1. The highest BCUT2D eigenvalue weighted by Crippen LogP contribution is 2.36. The van der Waals surface area contributed by atoms with E-state index in [2.05, 4.69) is 28.9 Å². The van der Waals surface area contributed by atoms with E-state index in [-0.39, 0.29) is 5.69 Å². The Labute approximate surface area is 162 Å². The van der Waals surface area contributed by atoms with Crippen molar-refractivity contribution in [2.45, 2.75) is 33.1 Å². The number of rotatable bonds is 5. The van der Waals surface area contributed by atoms with Gasteiger partial charge < -0.3 is 10.0 Å². The fourth-order valence-electron chi connectivity index (χ4n) is 3.63. The average Bonchev–Trinajstić information content (AvgIpc) is 3.40. The molecule has 4 rings (SSSR count). The smallest absolute Gasteiger partial charge is 0.355 e. The molecule has 3 heterocycles. The summed E-state index contributed by atoms with van der Waals surface area (Å²) >= 11 is 1.41. The second-order valence-corrected chi connectivity index (χ2v) is 7.76. The SMILES string of the molecule is CCc1sc(-n2nc(-c3ccccc3)c(C)c2N2CCCC2)nc1C(=O)O. The molecular formula is C20H22N4O2S. The lowest BCUT2D eigenvalue weighted by molar-refractivity contribution is 0.0690. The maximum atomic E-state index is 11.6. The zero-order valence-corrected chi connectivity index (χ0v) is 16.3. The van der Waals surface area contributed by atoms with Crippen LogP contribution in [0.1, 0.15) is 40.7 Å². The molecule has 3 aromatic rings. The third-order valence-electron chi connectivity index (χ3n) is 4.93. The Morgan fingerprint density at radius 3 is 2.52 bits per heavy atom. The lowest BCUT2D eigenvalue weighted by Crippen LogP contribution is -2.22. The summed E-state index contributed by atoms with van der Waals surface area (Å²) in [5.41, 5.74) is 3.22. The number of hydrogen-bond acceptors (Lipinski definition) is 5. The van der Waals surface area contributed by atoms with Crippen LogP contribution in [0.2, 0.25) is 0 Å². The van der Waals surface area contributed by atoms with Crippen LogP contribution in [-0.4, -0.2) is 38.9 Å². The highest BCUT2D eigenvalue weighted by molar-refractivity contribution is 7.14. The van der Waals surface area contributed by atoms with Crippen LogP contribution >= 0.6 is 11.3 Å². The fraction of sp³-hybridized carbons (Fsp3) is 0.350. The molecule has 7 heteroatoms. The first-order valence-corrected chi connectivity index (χ1v) is 10.0. The summed E-state index contributed by atoms with van der Waals surface area (Å²) in [5.74, 6) is 0.0453. The Kier molecular flexibility index (Phi) is 4.70. The molecule has 0 atom stereocenters. The molecule has 0 bridgehead atoms. The van der Waals surface area contributed by atoms with Gasteiger partial charge in [0.1, 0.15) is 5.82 Å². The van der Waals surface area contributed by atoms with Crippen molar-refractivity contribution in [1.82, 2.24) is 14.8 Å². The zero-order chi connectivity index (χ0) is 19.0. The number of carboxylic acids is 1. The normalized spacial score (nSPS) is 14.1. The lowest BCUT2D eigenvalue weighted by atomic mass is 10.1. The monoisotopic (exact) mass is 382 g/mol. The number of aromatic nitrogens is 3. The Balaban J connectivity index is 1.90. The minimum atomic E-state index is -0.982. The highest BCUT2D eigenvalue weighted by Gasteiger charge is 2.27. The Bertz CT molecular complexity index is 972. The van der Waals surface area contributed by atoms with E-state index in [1.165, 1.54) is 11.3 Å². The molecule has 1 fully saturated rings. The largest absolute Gasteiger partial charge is 0.476 e. The number of anilines is 1. The van der Waals surface area contributed by atoms with Crippen LogP contribution < -0.4 is 4.90 Å². The molecule has 0 saturated carbocycles. The van der Waals surface area contributed by atoms with Gasteiger partial charge in [-0.15, -0.1) is 0 Å². The van der Waals surface area contributed by atoms with Gasteiger partial charge in [0.15, 0.2) is 5.69 Å². The van der Waals surface area contributed by atoms with E-state index in [9.17, 15) is 9.90 Å². The number of hydrogen-bond donors (Lipinski definition) is 1. The molecule has 2 aromatic heterocycles. The number of carbonyl (C=O) groups is 1. The predicted molar refractivity (Wildman–Crippen MR) is 107 cm³/mol. The van der Waals surface area contributed by atoms with Crippen molar-refractivity contribution in [2.24, 2.45) is 0 Å². The molecule has 27 heavy (non-hydrogen) atoms. The van der Waals surface area contributed by atoms with Crippen LogP contribution in [0.25, 0.3) is 16.4 Å². The van der Waals surface area contributed by atoms with Crippen LogP contribution in [0, 0.1) is 6.92 Å². The van der Waals surface area contributed by atoms with Gasteiger partial charge in [0, 0.05) is 29.1 Å². The van der Waals surface area contributed by atoms with Gasteiger partial charge in [-0.1, -0.05) is 48.6 Å². The summed E-state index contributed by atoms with van der Waals surface area (Å²) < 4.78 is 1.85. The number of nitrogens with zero attached hydrogens (tertiary/aromatic N) is 4. The van der Waals surface area contributed by atoms with E-state index >= 15 is 0 Å². The second-order valence-electron chi connectivity index (χ2n) is 6.70. The van der Waals surface area contributed by atoms with Gasteiger partial charge in [0.25, 0.3) is 0 Å².